The van der Waals surface area contributed by atoms with Gasteiger partial charge in [-0.25, -0.2) is 15.0 Å². The summed E-state index contributed by atoms with van der Waals surface area (Å²) in [5.41, 5.74) is 0.893. The zero-order valence-corrected chi connectivity index (χ0v) is 16.1. The first kappa shape index (κ1) is 17.8. The van der Waals surface area contributed by atoms with E-state index in [2.05, 4.69) is 34.1 Å². The van der Waals surface area contributed by atoms with Crippen LogP contribution in [0.25, 0.3) is 0 Å². The number of nitrogens with zero attached hydrogens (tertiary/aromatic N) is 4. The van der Waals surface area contributed by atoms with E-state index in [-0.39, 0.29) is 11.9 Å². The number of rotatable bonds is 5. The van der Waals surface area contributed by atoms with Gasteiger partial charge in [-0.2, -0.15) is 0 Å². The lowest BCUT2D eigenvalue weighted by Gasteiger charge is -2.25. The highest BCUT2D eigenvalue weighted by Crippen LogP contribution is 2.32. The Kier molecular flexibility index (Phi) is 5.32. The van der Waals surface area contributed by atoms with Crippen molar-refractivity contribution in [2.75, 3.05) is 11.9 Å². The van der Waals surface area contributed by atoms with Crippen molar-refractivity contribution in [1.82, 2.24) is 19.9 Å². The van der Waals surface area contributed by atoms with Crippen LogP contribution in [0.15, 0.2) is 12.3 Å². The average molecular weight is 359 g/mol. The van der Waals surface area contributed by atoms with Crippen molar-refractivity contribution in [2.45, 2.75) is 53.0 Å². The Morgan fingerprint density at radius 3 is 2.88 bits per heavy atom. The summed E-state index contributed by atoms with van der Waals surface area (Å²) in [5.74, 6) is 2.02. The number of aryl methyl sites for hydroxylation is 2. The van der Waals surface area contributed by atoms with Crippen LogP contribution in [0.4, 0.5) is 10.9 Å². The molecule has 25 heavy (non-hydrogen) atoms. The van der Waals surface area contributed by atoms with Crippen LogP contribution in [0.3, 0.4) is 0 Å². The van der Waals surface area contributed by atoms with E-state index in [1.165, 1.54) is 0 Å². The summed E-state index contributed by atoms with van der Waals surface area (Å²) in [6.07, 6.45) is 4.33. The third-order valence-corrected chi connectivity index (χ3v) is 5.01. The van der Waals surface area contributed by atoms with Gasteiger partial charge in [0.1, 0.15) is 5.82 Å². The summed E-state index contributed by atoms with van der Waals surface area (Å²) >= 11 is 1.59. The van der Waals surface area contributed by atoms with E-state index in [9.17, 15) is 4.79 Å². The smallest absolute Gasteiger partial charge is 0.223 e. The largest absolute Gasteiger partial charge is 0.332 e. The van der Waals surface area contributed by atoms with Crippen molar-refractivity contribution in [3.05, 3.63) is 28.7 Å². The Hall–Kier alpha value is -2.02. The average Bonchev–Trinajstić information content (AvgIpc) is 3.15. The molecule has 0 saturated carbocycles. The number of hydrogen-bond donors (Lipinski definition) is 1. The standard InChI is InChI=1S/C18H25N5OS/c1-11(2)8-16(24)23-7-5-6-14(23)17-20-12(3)9-15(21-17)22-18-19-10-13(4)25-18/h9-11,14H,5-8H2,1-4H3,(H,19,20,21,22). The van der Waals surface area contributed by atoms with E-state index in [4.69, 9.17) is 0 Å². The molecule has 1 aliphatic heterocycles. The number of thiazole rings is 1. The molecule has 3 rings (SSSR count). The molecular formula is C18H25N5OS. The molecule has 134 valence electrons. The van der Waals surface area contributed by atoms with Crippen LogP contribution < -0.4 is 5.32 Å². The second-order valence-corrected chi connectivity index (χ2v) is 8.23. The maximum absolute atomic E-state index is 12.5. The summed E-state index contributed by atoms with van der Waals surface area (Å²) in [4.78, 5) is 29.3. The molecule has 1 amide bonds. The molecule has 0 spiro atoms. The summed E-state index contributed by atoms with van der Waals surface area (Å²) < 4.78 is 0. The first-order valence-electron chi connectivity index (χ1n) is 8.77. The number of carbonyl (C=O) groups excluding carboxylic acids is 1. The molecule has 0 aromatic carbocycles. The highest BCUT2D eigenvalue weighted by atomic mass is 32.1. The predicted molar refractivity (Wildman–Crippen MR) is 100 cm³/mol. The Morgan fingerprint density at radius 1 is 1.40 bits per heavy atom. The fourth-order valence-corrected chi connectivity index (χ4v) is 3.80. The molecule has 1 aliphatic rings. The monoisotopic (exact) mass is 359 g/mol. The maximum Gasteiger partial charge on any atom is 0.223 e. The summed E-state index contributed by atoms with van der Waals surface area (Å²) in [7, 11) is 0. The molecule has 1 fully saturated rings. The molecule has 1 saturated heterocycles. The van der Waals surface area contributed by atoms with Gasteiger partial charge in [0, 0.05) is 35.8 Å². The maximum atomic E-state index is 12.5. The minimum Gasteiger partial charge on any atom is -0.332 e. The van der Waals surface area contributed by atoms with Crippen LogP contribution in [0, 0.1) is 19.8 Å². The van der Waals surface area contributed by atoms with Crippen LogP contribution in [0.5, 0.6) is 0 Å². The normalized spacial score (nSPS) is 17.3. The lowest BCUT2D eigenvalue weighted by atomic mass is 10.1. The topological polar surface area (TPSA) is 71.0 Å². The van der Waals surface area contributed by atoms with Crippen molar-refractivity contribution in [2.24, 2.45) is 5.92 Å². The quantitative estimate of drug-likeness (QED) is 0.873. The molecule has 1 atom stereocenters. The van der Waals surface area contributed by atoms with Gasteiger partial charge in [-0.05, 0) is 32.6 Å². The van der Waals surface area contributed by atoms with Gasteiger partial charge in [-0.15, -0.1) is 11.3 Å². The molecule has 0 bridgehead atoms. The van der Waals surface area contributed by atoms with Gasteiger partial charge >= 0.3 is 0 Å². The molecule has 7 heteroatoms. The summed E-state index contributed by atoms with van der Waals surface area (Å²) in [6.45, 7) is 8.92. The highest BCUT2D eigenvalue weighted by Gasteiger charge is 2.32. The van der Waals surface area contributed by atoms with Crippen LogP contribution in [0.1, 0.15) is 55.5 Å². The Labute approximate surface area is 152 Å². The number of anilines is 2. The lowest BCUT2D eigenvalue weighted by Crippen LogP contribution is -2.32. The van der Waals surface area contributed by atoms with Crippen molar-refractivity contribution >= 4 is 28.2 Å². The zero-order valence-electron chi connectivity index (χ0n) is 15.2. The number of nitrogens with one attached hydrogen (secondary N) is 1. The van der Waals surface area contributed by atoms with Gasteiger partial charge in [0.25, 0.3) is 0 Å². The summed E-state index contributed by atoms with van der Waals surface area (Å²) in [6, 6.07) is 1.89. The lowest BCUT2D eigenvalue weighted by molar-refractivity contribution is -0.133. The van der Waals surface area contributed by atoms with Crippen LogP contribution in [-0.2, 0) is 4.79 Å². The molecule has 1 unspecified atom stereocenters. The number of likely N-dealkylation sites (tertiary alicyclic amines) is 1. The van der Waals surface area contributed by atoms with Gasteiger partial charge in [0.15, 0.2) is 11.0 Å². The van der Waals surface area contributed by atoms with E-state index in [1.807, 2.05) is 31.0 Å². The second-order valence-electron chi connectivity index (χ2n) is 7.00. The molecule has 6 nitrogen and oxygen atoms in total. The fourth-order valence-electron chi connectivity index (χ4n) is 3.13. The minimum atomic E-state index is -0.0234. The molecule has 2 aromatic heterocycles. The van der Waals surface area contributed by atoms with Crippen molar-refractivity contribution in [3.63, 3.8) is 0 Å². The second kappa shape index (κ2) is 7.47. The van der Waals surface area contributed by atoms with Gasteiger partial charge < -0.3 is 10.2 Å². The van der Waals surface area contributed by atoms with Crippen LogP contribution in [0.2, 0.25) is 0 Å². The van der Waals surface area contributed by atoms with E-state index in [0.717, 1.165) is 46.7 Å². The highest BCUT2D eigenvalue weighted by molar-refractivity contribution is 7.15. The number of carbonyl (C=O) groups is 1. The van der Waals surface area contributed by atoms with Gasteiger partial charge in [-0.3, -0.25) is 4.79 Å². The Morgan fingerprint density at radius 2 is 2.20 bits per heavy atom. The van der Waals surface area contributed by atoms with Crippen molar-refractivity contribution in [1.29, 1.82) is 0 Å². The molecular weight excluding hydrogens is 334 g/mol. The van der Waals surface area contributed by atoms with E-state index < -0.39 is 0 Å². The van der Waals surface area contributed by atoms with E-state index in [0.29, 0.717) is 12.3 Å². The van der Waals surface area contributed by atoms with Gasteiger partial charge in [0.2, 0.25) is 5.91 Å². The van der Waals surface area contributed by atoms with Crippen molar-refractivity contribution < 1.29 is 4.79 Å². The summed E-state index contributed by atoms with van der Waals surface area (Å²) in [5, 5.41) is 4.08. The molecule has 3 heterocycles. The van der Waals surface area contributed by atoms with Gasteiger partial charge in [0.05, 0.1) is 6.04 Å². The number of aromatic nitrogens is 3. The van der Waals surface area contributed by atoms with E-state index in [1.54, 1.807) is 11.3 Å². The molecule has 1 N–H and O–H groups in total. The van der Waals surface area contributed by atoms with Crippen LogP contribution >= 0.6 is 11.3 Å². The van der Waals surface area contributed by atoms with Crippen molar-refractivity contribution in [3.8, 4) is 0 Å². The zero-order chi connectivity index (χ0) is 18.0. The predicted octanol–water partition coefficient (Wildman–Crippen LogP) is 4.00. The Balaban J connectivity index is 1.82. The Bertz CT molecular complexity index is 758. The number of hydrogen-bond acceptors (Lipinski definition) is 6. The third-order valence-electron chi connectivity index (χ3n) is 4.18. The fraction of sp³-hybridized carbons (Fsp3) is 0.556. The van der Waals surface area contributed by atoms with Gasteiger partial charge in [-0.1, -0.05) is 13.8 Å². The van der Waals surface area contributed by atoms with E-state index >= 15 is 0 Å². The SMILES string of the molecule is Cc1cc(Nc2ncc(C)s2)nc(C2CCCN2C(=O)CC(C)C)n1. The number of amides is 1. The third kappa shape index (κ3) is 4.34. The first-order chi connectivity index (χ1) is 11.9. The first-order valence-corrected chi connectivity index (χ1v) is 9.58. The minimum absolute atomic E-state index is 0.0234. The van der Waals surface area contributed by atoms with Crippen LogP contribution in [-0.4, -0.2) is 32.3 Å². The molecule has 2 aromatic rings. The molecule has 0 aliphatic carbocycles. The molecule has 0 radical (unpaired) electrons.